The van der Waals surface area contributed by atoms with Gasteiger partial charge in [-0.3, -0.25) is 4.79 Å². The molecule has 2 aromatic heterocycles. The molecule has 0 N–H and O–H groups in total. The molecule has 0 bridgehead atoms. The molecule has 0 aliphatic carbocycles. The molecule has 4 heterocycles. The van der Waals surface area contributed by atoms with Gasteiger partial charge in [-0.25, -0.2) is 4.68 Å². The van der Waals surface area contributed by atoms with Crippen molar-refractivity contribution < 1.29 is 9.32 Å². The van der Waals surface area contributed by atoms with Crippen molar-refractivity contribution in [2.75, 3.05) is 13.1 Å². The Labute approximate surface area is 133 Å². The van der Waals surface area contributed by atoms with Gasteiger partial charge in [0, 0.05) is 25.6 Å². The van der Waals surface area contributed by atoms with Crippen LogP contribution in [0.4, 0.5) is 0 Å². The molecule has 23 heavy (non-hydrogen) atoms. The first-order valence-corrected chi connectivity index (χ1v) is 8.14. The van der Waals surface area contributed by atoms with Gasteiger partial charge in [0.25, 0.3) is 0 Å². The fourth-order valence-electron chi connectivity index (χ4n) is 3.53. The smallest absolute Gasteiger partial charge is 0.233 e. The maximum Gasteiger partial charge on any atom is 0.233 e. The van der Waals surface area contributed by atoms with E-state index in [-0.39, 0.29) is 17.7 Å². The van der Waals surface area contributed by atoms with Crippen molar-refractivity contribution >= 4 is 5.91 Å². The Morgan fingerprint density at radius 3 is 2.83 bits per heavy atom. The van der Waals surface area contributed by atoms with Crippen molar-refractivity contribution in [1.82, 2.24) is 35.2 Å². The van der Waals surface area contributed by atoms with E-state index in [4.69, 9.17) is 4.52 Å². The zero-order valence-corrected chi connectivity index (χ0v) is 12.8. The Balaban J connectivity index is 1.44. The summed E-state index contributed by atoms with van der Waals surface area (Å²) in [5, 5.41) is 15.7. The van der Waals surface area contributed by atoms with E-state index < -0.39 is 0 Å². The number of tetrazole rings is 1. The first-order valence-electron chi connectivity index (χ1n) is 8.14. The summed E-state index contributed by atoms with van der Waals surface area (Å²) in [5.74, 6) is 1.67. The fourth-order valence-corrected chi connectivity index (χ4v) is 3.53. The highest BCUT2D eigenvalue weighted by molar-refractivity contribution is 5.83. The molecule has 0 spiro atoms. The summed E-state index contributed by atoms with van der Waals surface area (Å²) in [6.07, 6.45) is 5.94. The second-order valence-corrected chi connectivity index (χ2v) is 6.20. The highest BCUT2D eigenvalue weighted by Crippen LogP contribution is 2.30. The van der Waals surface area contributed by atoms with Gasteiger partial charge >= 0.3 is 0 Å². The topological polar surface area (TPSA) is 103 Å². The van der Waals surface area contributed by atoms with Crippen LogP contribution in [0.25, 0.3) is 0 Å². The summed E-state index contributed by atoms with van der Waals surface area (Å²) in [4.78, 5) is 19.0. The summed E-state index contributed by atoms with van der Waals surface area (Å²) in [7, 11) is 0. The van der Waals surface area contributed by atoms with Crippen molar-refractivity contribution in [3.63, 3.8) is 0 Å². The zero-order valence-electron chi connectivity index (χ0n) is 12.8. The number of likely N-dealkylation sites (tertiary alicyclic amines) is 1. The molecule has 2 aliphatic rings. The molecule has 1 saturated heterocycles. The highest BCUT2D eigenvalue weighted by Gasteiger charge is 2.34. The normalized spacial score (nSPS) is 22.6. The molecule has 122 valence electrons. The van der Waals surface area contributed by atoms with Gasteiger partial charge in [-0.15, -0.1) is 5.10 Å². The van der Waals surface area contributed by atoms with Crippen LogP contribution < -0.4 is 0 Å². The van der Waals surface area contributed by atoms with Crippen LogP contribution in [0.1, 0.15) is 55.6 Å². The third kappa shape index (κ3) is 2.71. The Morgan fingerprint density at radius 1 is 1.17 bits per heavy atom. The third-order valence-electron chi connectivity index (χ3n) is 4.83. The van der Waals surface area contributed by atoms with E-state index in [1.54, 1.807) is 4.68 Å². The van der Waals surface area contributed by atoms with Crippen LogP contribution in [0, 0.1) is 0 Å². The fraction of sp³-hybridized carbons (Fsp3) is 0.714. The third-order valence-corrected chi connectivity index (χ3v) is 4.83. The van der Waals surface area contributed by atoms with E-state index >= 15 is 0 Å². The van der Waals surface area contributed by atoms with Crippen molar-refractivity contribution in [2.24, 2.45) is 0 Å². The number of nitrogens with zero attached hydrogens (tertiary/aromatic N) is 7. The molecule has 2 aromatic rings. The van der Waals surface area contributed by atoms with Gasteiger partial charge in [-0.1, -0.05) is 11.6 Å². The molecule has 1 amide bonds. The largest absolute Gasteiger partial charge is 0.343 e. The maximum atomic E-state index is 12.9. The van der Waals surface area contributed by atoms with E-state index in [9.17, 15) is 4.79 Å². The number of carbonyl (C=O) groups excluding carboxylic acids is 1. The first-order chi connectivity index (χ1) is 11.3. The number of amides is 1. The molecule has 0 saturated carbocycles. The predicted octanol–water partition coefficient (Wildman–Crippen LogP) is 0.730. The number of aryl methyl sites for hydroxylation is 1. The Morgan fingerprint density at radius 2 is 2.04 bits per heavy atom. The van der Waals surface area contributed by atoms with E-state index in [2.05, 4.69) is 25.7 Å². The second-order valence-electron chi connectivity index (χ2n) is 6.20. The van der Waals surface area contributed by atoms with Gasteiger partial charge in [0.15, 0.2) is 11.6 Å². The minimum atomic E-state index is -0.214. The molecule has 9 nitrogen and oxygen atoms in total. The lowest BCUT2D eigenvalue weighted by Crippen LogP contribution is -2.41. The maximum absolute atomic E-state index is 12.9. The lowest BCUT2D eigenvalue weighted by Gasteiger charge is -2.32. The molecule has 0 radical (unpaired) electrons. The van der Waals surface area contributed by atoms with Crippen molar-refractivity contribution in [3.05, 3.63) is 18.0 Å². The van der Waals surface area contributed by atoms with Crippen LogP contribution in [0.2, 0.25) is 0 Å². The Kier molecular flexibility index (Phi) is 3.76. The Hall–Kier alpha value is -2.32. The van der Waals surface area contributed by atoms with Crippen molar-refractivity contribution in [1.29, 1.82) is 0 Å². The highest BCUT2D eigenvalue weighted by atomic mass is 16.5. The molecule has 1 fully saturated rings. The monoisotopic (exact) mass is 317 g/mol. The van der Waals surface area contributed by atoms with Crippen LogP contribution >= 0.6 is 0 Å². The summed E-state index contributed by atoms with van der Waals surface area (Å²) in [6.45, 7) is 2.23. The van der Waals surface area contributed by atoms with Gasteiger partial charge in [0.2, 0.25) is 12.3 Å². The summed E-state index contributed by atoms with van der Waals surface area (Å²) in [5.41, 5.74) is 0. The van der Waals surface area contributed by atoms with E-state index in [1.807, 2.05) is 4.90 Å². The molecule has 4 rings (SSSR count). The predicted molar refractivity (Wildman–Crippen MR) is 77.3 cm³/mol. The number of fused-ring (bicyclic) bond motifs is 1. The Bertz CT molecular complexity index is 660. The molecule has 2 aliphatic heterocycles. The van der Waals surface area contributed by atoms with Crippen LogP contribution in [0.3, 0.4) is 0 Å². The van der Waals surface area contributed by atoms with Gasteiger partial charge in [0.1, 0.15) is 0 Å². The van der Waals surface area contributed by atoms with E-state index in [0.29, 0.717) is 5.82 Å². The van der Waals surface area contributed by atoms with Crippen molar-refractivity contribution in [3.8, 4) is 0 Å². The minimum Gasteiger partial charge on any atom is -0.343 e. The zero-order chi connectivity index (χ0) is 15.6. The average Bonchev–Trinajstić information content (AvgIpc) is 3.24. The summed E-state index contributed by atoms with van der Waals surface area (Å²) in [6, 6.07) is 0. The van der Waals surface area contributed by atoms with Crippen LogP contribution in [-0.4, -0.2) is 54.2 Å². The minimum absolute atomic E-state index is 0.148. The molecular weight excluding hydrogens is 298 g/mol. The summed E-state index contributed by atoms with van der Waals surface area (Å²) >= 11 is 0. The van der Waals surface area contributed by atoms with E-state index in [1.165, 1.54) is 6.39 Å². The molecule has 0 unspecified atom stereocenters. The SMILES string of the molecule is O=C([C@@H]1CCCCn2nnnc21)N1CCC(c2ncon2)CC1. The van der Waals surface area contributed by atoms with E-state index in [0.717, 1.165) is 57.6 Å². The molecule has 0 aromatic carbocycles. The first kappa shape index (κ1) is 14.3. The lowest BCUT2D eigenvalue weighted by molar-refractivity contribution is -0.134. The number of piperidine rings is 1. The van der Waals surface area contributed by atoms with Gasteiger partial charge in [0.05, 0.1) is 5.92 Å². The lowest BCUT2D eigenvalue weighted by atomic mass is 9.94. The van der Waals surface area contributed by atoms with Crippen LogP contribution in [0.5, 0.6) is 0 Å². The average molecular weight is 317 g/mol. The van der Waals surface area contributed by atoms with Gasteiger partial charge in [-0.05, 0) is 36.1 Å². The van der Waals surface area contributed by atoms with Gasteiger partial charge in [-0.2, -0.15) is 4.98 Å². The number of rotatable bonds is 2. The molecule has 9 heteroatoms. The second kappa shape index (κ2) is 6.05. The molecular formula is C14H19N7O2. The number of hydrogen-bond donors (Lipinski definition) is 0. The number of hydrogen-bond acceptors (Lipinski definition) is 7. The van der Waals surface area contributed by atoms with Gasteiger partial charge < -0.3 is 9.42 Å². The van der Waals surface area contributed by atoms with Crippen LogP contribution in [-0.2, 0) is 11.3 Å². The number of aromatic nitrogens is 6. The summed E-state index contributed by atoms with van der Waals surface area (Å²) < 4.78 is 6.59. The standard InChI is InChI=1S/C14H19N7O2/c22-14(11-3-1-2-6-21-13(11)16-18-19-21)20-7-4-10(5-8-20)12-15-9-23-17-12/h9-11H,1-8H2/t11-/m1/s1. The van der Waals surface area contributed by atoms with Crippen LogP contribution in [0.15, 0.2) is 10.9 Å². The van der Waals surface area contributed by atoms with Crippen molar-refractivity contribution in [2.45, 2.75) is 50.5 Å². The molecule has 1 atom stereocenters. The number of carbonyl (C=O) groups is 1. The quantitative estimate of drug-likeness (QED) is 0.804.